The summed E-state index contributed by atoms with van der Waals surface area (Å²) in [7, 11) is 0. The van der Waals surface area contributed by atoms with Crippen molar-refractivity contribution in [2.45, 2.75) is 31.4 Å². The molecule has 2 N–H and O–H groups in total. The van der Waals surface area contributed by atoms with Gasteiger partial charge in [0.15, 0.2) is 5.75 Å². The molecule has 1 aromatic rings. The number of anilines is 1. The first-order chi connectivity index (χ1) is 10.8. The summed E-state index contributed by atoms with van der Waals surface area (Å²) in [4.78, 5) is 16.3. The molecule has 1 aliphatic carbocycles. The predicted octanol–water partition coefficient (Wildman–Crippen LogP) is 1.54. The first kappa shape index (κ1) is 13.6. The molecular weight excluding hydrogens is 286 g/mol. The molecule has 7 heteroatoms. The van der Waals surface area contributed by atoms with Gasteiger partial charge >= 0.3 is 6.03 Å². The first-order valence-electron chi connectivity index (χ1n) is 7.74. The highest BCUT2D eigenvalue weighted by Gasteiger charge is 2.38. The van der Waals surface area contributed by atoms with Gasteiger partial charge in [0, 0.05) is 0 Å². The molecular formula is C15H19N3O4. The van der Waals surface area contributed by atoms with Gasteiger partial charge in [0.1, 0.15) is 19.0 Å². The van der Waals surface area contributed by atoms with Crippen molar-refractivity contribution in [2.24, 2.45) is 5.92 Å². The number of nitrogens with one attached hydrogen (secondary N) is 2. The van der Waals surface area contributed by atoms with Crippen molar-refractivity contribution >= 4 is 11.8 Å². The van der Waals surface area contributed by atoms with Gasteiger partial charge in [-0.1, -0.05) is 0 Å². The van der Waals surface area contributed by atoms with Crippen molar-refractivity contribution in [2.75, 3.05) is 25.1 Å². The number of hydrogen-bond acceptors (Lipinski definition) is 5. The monoisotopic (exact) mass is 305 g/mol. The molecule has 1 aromatic heterocycles. The number of amides is 2. The van der Waals surface area contributed by atoms with Gasteiger partial charge in [0.2, 0.25) is 0 Å². The Morgan fingerprint density at radius 1 is 1.23 bits per heavy atom. The van der Waals surface area contributed by atoms with Gasteiger partial charge in [-0.2, -0.15) is 4.98 Å². The van der Waals surface area contributed by atoms with Crippen molar-refractivity contribution in [1.82, 2.24) is 10.3 Å². The minimum absolute atomic E-state index is 0.0720. The summed E-state index contributed by atoms with van der Waals surface area (Å²) >= 11 is 0. The fraction of sp³-hybridized carbons (Fsp3) is 0.600. The second-order valence-corrected chi connectivity index (χ2v) is 5.94. The molecule has 22 heavy (non-hydrogen) atoms. The topological polar surface area (TPSA) is 81.7 Å². The van der Waals surface area contributed by atoms with Gasteiger partial charge in [-0.25, -0.2) is 4.79 Å². The average Bonchev–Trinajstić information content (AvgIpc) is 3.28. The first-order valence-corrected chi connectivity index (χ1v) is 7.74. The summed E-state index contributed by atoms with van der Waals surface area (Å²) in [6, 6.07) is 3.25. The molecule has 3 aliphatic rings. The van der Waals surface area contributed by atoms with Crippen LogP contribution in [0.2, 0.25) is 0 Å². The van der Waals surface area contributed by atoms with E-state index in [9.17, 15) is 4.79 Å². The van der Waals surface area contributed by atoms with Crippen LogP contribution in [0.25, 0.3) is 0 Å². The summed E-state index contributed by atoms with van der Waals surface area (Å²) in [5, 5.41) is 5.66. The second-order valence-electron chi connectivity index (χ2n) is 5.94. The van der Waals surface area contributed by atoms with E-state index in [0.29, 0.717) is 49.3 Å². The molecule has 0 bridgehead atoms. The summed E-state index contributed by atoms with van der Waals surface area (Å²) in [5.41, 5.74) is 0. The molecule has 1 saturated heterocycles. The molecule has 2 amide bonds. The number of ether oxygens (including phenoxy) is 3. The van der Waals surface area contributed by atoms with E-state index in [1.165, 1.54) is 12.8 Å². The Morgan fingerprint density at radius 2 is 2.09 bits per heavy atom. The Kier molecular flexibility index (Phi) is 3.49. The third-order valence-electron chi connectivity index (χ3n) is 4.16. The van der Waals surface area contributed by atoms with Crippen LogP contribution in [0.5, 0.6) is 11.6 Å². The van der Waals surface area contributed by atoms with Crippen LogP contribution in [0.4, 0.5) is 10.6 Å². The van der Waals surface area contributed by atoms with Crippen LogP contribution in [0.3, 0.4) is 0 Å². The Labute approximate surface area is 128 Å². The smallest absolute Gasteiger partial charge is 0.320 e. The summed E-state index contributed by atoms with van der Waals surface area (Å²) in [6.07, 6.45) is 3.72. The maximum atomic E-state index is 12.0. The maximum absolute atomic E-state index is 12.0. The minimum atomic E-state index is -0.269. The SMILES string of the molecule is O=C(Nc1ccc2c(n1)OCCO2)NC1COC(C2CC2)C1. The number of rotatable bonds is 3. The lowest BCUT2D eigenvalue weighted by Crippen LogP contribution is -2.38. The van der Waals surface area contributed by atoms with Gasteiger partial charge in [0.25, 0.3) is 5.88 Å². The van der Waals surface area contributed by atoms with Crippen LogP contribution in [-0.2, 0) is 4.74 Å². The van der Waals surface area contributed by atoms with E-state index in [2.05, 4.69) is 15.6 Å². The number of hydrogen-bond donors (Lipinski definition) is 2. The molecule has 0 spiro atoms. The molecule has 3 heterocycles. The quantitative estimate of drug-likeness (QED) is 0.885. The molecule has 0 radical (unpaired) electrons. The van der Waals surface area contributed by atoms with Gasteiger partial charge in [0.05, 0.1) is 18.8 Å². The molecule has 2 fully saturated rings. The fourth-order valence-electron chi connectivity index (χ4n) is 2.89. The van der Waals surface area contributed by atoms with E-state index >= 15 is 0 Å². The molecule has 0 aromatic carbocycles. The third kappa shape index (κ3) is 2.94. The summed E-state index contributed by atoms with van der Waals surface area (Å²) in [5.74, 6) is 2.17. The third-order valence-corrected chi connectivity index (χ3v) is 4.16. The number of fused-ring (bicyclic) bond motifs is 1. The highest BCUT2D eigenvalue weighted by atomic mass is 16.6. The predicted molar refractivity (Wildman–Crippen MR) is 78.3 cm³/mol. The van der Waals surface area contributed by atoms with Gasteiger partial charge in [-0.05, 0) is 37.3 Å². The average molecular weight is 305 g/mol. The van der Waals surface area contributed by atoms with Gasteiger partial charge < -0.3 is 19.5 Å². The molecule has 4 rings (SSSR count). The summed E-state index contributed by atoms with van der Waals surface area (Å²) in [6.45, 7) is 1.58. The Morgan fingerprint density at radius 3 is 2.95 bits per heavy atom. The highest BCUT2D eigenvalue weighted by molar-refractivity contribution is 5.88. The largest absolute Gasteiger partial charge is 0.484 e. The maximum Gasteiger partial charge on any atom is 0.320 e. The Balaban J connectivity index is 1.32. The number of pyridine rings is 1. The van der Waals surface area contributed by atoms with E-state index in [1.807, 2.05) is 0 Å². The second kappa shape index (κ2) is 5.64. The Bertz CT molecular complexity index is 576. The lowest BCUT2D eigenvalue weighted by Gasteiger charge is -2.18. The number of carbonyl (C=O) groups is 1. The van der Waals surface area contributed by atoms with Crippen LogP contribution in [0.1, 0.15) is 19.3 Å². The molecule has 2 aliphatic heterocycles. The van der Waals surface area contributed by atoms with Crippen LogP contribution in [0, 0.1) is 5.92 Å². The van der Waals surface area contributed by atoms with Gasteiger partial charge in [-0.15, -0.1) is 0 Å². The van der Waals surface area contributed by atoms with Crippen molar-refractivity contribution < 1.29 is 19.0 Å². The van der Waals surface area contributed by atoms with E-state index in [0.717, 1.165) is 6.42 Å². The number of nitrogens with zero attached hydrogens (tertiary/aromatic N) is 1. The lowest BCUT2D eigenvalue weighted by molar-refractivity contribution is 0.0923. The van der Waals surface area contributed by atoms with Crippen LogP contribution < -0.4 is 20.1 Å². The van der Waals surface area contributed by atoms with Gasteiger partial charge in [-0.3, -0.25) is 5.32 Å². The lowest BCUT2D eigenvalue weighted by atomic mass is 10.1. The number of aromatic nitrogens is 1. The molecule has 118 valence electrons. The van der Waals surface area contributed by atoms with Crippen LogP contribution in [0.15, 0.2) is 12.1 Å². The zero-order chi connectivity index (χ0) is 14.9. The molecule has 7 nitrogen and oxygen atoms in total. The summed E-state index contributed by atoms with van der Waals surface area (Å²) < 4.78 is 16.5. The van der Waals surface area contributed by atoms with E-state index in [-0.39, 0.29) is 12.1 Å². The van der Waals surface area contributed by atoms with Crippen molar-refractivity contribution in [3.63, 3.8) is 0 Å². The van der Waals surface area contributed by atoms with E-state index in [4.69, 9.17) is 14.2 Å². The van der Waals surface area contributed by atoms with E-state index < -0.39 is 0 Å². The van der Waals surface area contributed by atoms with Crippen LogP contribution >= 0.6 is 0 Å². The van der Waals surface area contributed by atoms with Crippen molar-refractivity contribution in [1.29, 1.82) is 0 Å². The standard InChI is InChI=1S/C15H19N3O4/c19-15(16-10-7-12(22-8-10)9-1-2-9)18-13-4-3-11-14(17-13)21-6-5-20-11/h3-4,9-10,12H,1-2,5-8H2,(H2,16,17,18,19). The minimum Gasteiger partial charge on any atom is -0.484 e. The zero-order valence-corrected chi connectivity index (χ0v) is 12.2. The Hall–Kier alpha value is -2.02. The molecule has 2 atom stereocenters. The normalized spacial score (nSPS) is 26.5. The zero-order valence-electron chi connectivity index (χ0n) is 12.2. The van der Waals surface area contributed by atoms with E-state index in [1.54, 1.807) is 12.1 Å². The number of urea groups is 1. The highest BCUT2D eigenvalue weighted by Crippen LogP contribution is 2.38. The fourth-order valence-corrected chi connectivity index (χ4v) is 2.89. The molecule has 2 unspecified atom stereocenters. The van der Waals surface area contributed by atoms with Crippen molar-refractivity contribution in [3.8, 4) is 11.6 Å². The number of carbonyl (C=O) groups excluding carboxylic acids is 1. The molecule has 1 saturated carbocycles. The van der Waals surface area contributed by atoms with Crippen LogP contribution in [-0.4, -0.2) is 43.0 Å². The van der Waals surface area contributed by atoms with Crippen molar-refractivity contribution in [3.05, 3.63) is 12.1 Å².